The van der Waals surface area contributed by atoms with E-state index in [0.717, 1.165) is 17.1 Å². The smallest absolute Gasteiger partial charge is 0.230 e. The Morgan fingerprint density at radius 2 is 1.68 bits per heavy atom. The van der Waals surface area contributed by atoms with Crippen LogP contribution >= 0.6 is 23.2 Å². The van der Waals surface area contributed by atoms with Crippen molar-refractivity contribution in [3.05, 3.63) is 58.1 Å². The molecule has 0 saturated carbocycles. The number of carbonyl (C=O) groups excluding carboxylic acids is 1. The molecule has 0 atom stereocenters. The van der Waals surface area contributed by atoms with Crippen molar-refractivity contribution in [1.29, 1.82) is 0 Å². The van der Waals surface area contributed by atoms with E-state index in [9.17, 15) is 4.79 Å². The van der Waals surface area contributed by atoms with E-state index < -0.39 is 5.41 Å². The van der Waals surface area contributed by atoms with Crippen LogP contribution in [0.1, 0.15) is 19.4 Å². The number of hydrogen-bond acceptors (Lipinski definition) is 3. The van der Waals surface area contributed by atoms with Gasteiger partial charge in [0.05, 0.1) is 29.1 Å². The van der Waals surface area contributed by atoms with E-state index in [2.05, 4.69) is 5.32 Å². The summed E-state index contributed by atoms with van der Waals surface area (Å²) in [6, 6.07) is 12.5. The van der Waals surface area contributed by atoms with E-state index in [1.807, 2.05) is 44.2 Å². The minimum Gasteiger partial charge on any atom is -0.497 e. The zero-order valence-corrected chi connectivity index (χ0v) is 15.9. The molecule has 0 fully saturated rings. The van der Waals surface area contributed by atoms with Crippen molar-refractivity contribution in [2.75, 3.05) is 20.3 Å². The van der Waals surface area contributed by atoms with E-state index >= 15 is 0 Å². The van der Waals surface area contributed by atoms with Gasteiger partial charge < -0.3 is 14.8 Å². The molecule has 0 aliphatic heterocycles. The molecular weight excluding hydrogens is 361 g/mol. The number of amides is 1. The van der Waals surface area contributed by atoms with Gasteiger partial charge in [-0.2, -0.15) is 0 Å². The maximum atomic E-state index is 12.5. The summed E-state index contributed by atoms with van der Waals surface area (Å²) < 4.78 is 10.7. The van der Waals surface area contributed by atoms with Crippen molar-refractivity contribution in [1.82, 2.24) is 5.32 Å². The summed E-state index contributed by atoms with van der Waals surface area (Å²) in [7, 11) is 1.61. The molecule has 2 rings (SSSR count). The van der Waals surface area contributed by atoms with Crippen molar-refractivity contribution in [2.24, 2.45) is 0 Å². The van der Waals surface area contributed by atoms with Gasteiger partial charge in [-0.15, -0.1) is 0 Å². The van der Waals surface area contributed by atoms with Crippen LogP contribution in [0.2, 0.25) is 10.0 Å². The van der Waals surface area contributed by atoms with Crippen molar-refractivity contribution >= 4 is 29.1 Å². The number of carbonyl (C=O) groups is 1. The maximum Gasteiger partial charge on any atom is 0.230 e. The monoisotopic (exact) mass is 381 g/mol. The van der Waals surface area contributed by atoms with E-state index in [-0.39, 0.29) is 5.91 Å². The fraction of sp³-hybridized carbons (Fsp3) is 0.316. The Bertz CT molecular complexity index is 730. The molecule has 0 saturated heterocycles. The van der Waals surface area contributed by atoms with Crippen molar-refractivity contribution < 1.29 is 14.3 Å². The number of hydrogen-bond donors (Lipinski definition) is 1. The molecule has 0 unspecified atom stereocenters. The van der Waals surface area contributed by atoms with Gasteiger partial charge in [0, 0.05) is 0 Å². The fourth-order valence-corrected chi connectivity index (χ4v) is 2.54. The predicted molar refractivity (Wildman–Crippen MR) is 101 cm³/mol. The molecule has 1 N–H and O–H groups in total. The number of halogens is 2. The Kier molecular flexibility index (Phi) is 6.57. The lowest BCUT2D eigenvalue weighted by atomic mass is 9.84. The summed E-state index contributed by atoms with van der Waals surface area (Å²) in [5.74, 6) is 1.38. The van der Waals surface area contributed by atoms with Crippen molar-refractivity contribution in [2.45, 2.75) is 19.3 Å². The largest absolute Gasteiger partial charge is 0.497 e. The number of nitrogens with one attached hydrogen (secondary N) is 1. The van der Waals surface area contributed by atoms with Gasteiger partial charge in [0.2, 0.25) is 5.91 Å². The first-order chi connectivity index (χ1) is 11.8. The second-order valence-electron chi connectivity index (χ2n) is 6.03. The Morgan fingerprint density at radius 3 is 2.28 bits per heavy atom. The molecule has 0 aliphatic rings. The zero-order valence-electron chi connectivity index (χ0n) is 14.4. The van der Waals surface area contributed by atoms with Gasteiger partial charge in [0.1, 0.15) is 18.1 Å². The first-order valence-electron chi connectivity index (χ1n) is 7.85. The van der Waals surface area contributed by atoms with Crippen molar-refractivity contribution in [3.63, 3.8) is 0 Å². The van der Waals surface area contributed by atoms with Crippen LogP contribution in [0.4, 0.5) is 0 Å². The normalized spacial score (nSPS) is 11.1. The number of methoxy groups -OCH3 is 1. The van der Waals surface area contributed by atoms with E-state index in [0.29, 0.717) is 23.2 Å². The van der Waals surface area contributed by atoms with Crippen LogP contribution < -0.4 is 14.8 Å². The molecule has 6 heteroatoms. The highest BCUT2D eigenvalue weighted by molar-refractivity contribution is 6.42. The lowest BCUT2D eigenvalue weighted by Gasteiger charge is -2.24. The molecule has 1 amide bonds. The highest BCUT2D eigenvalue weighted by atomic mass is 35.5. The van der Waals surface area contributed by atoms with Crippen LogP contribution in [0.3, 0.4) is 0 Å². The Balaban J connectivity index is 1.86. The highest BCUT2D eigenvalue weighted by Crippen LogP contribution is 2.30. The minimum atomic E-state index is -0.728. The molecule has 0 aromatic heterocycles. The average Bonchev–Trinajstić information content (AvgIpc) is 2.61. The van der Waals surface area contributed by atoms with Gasteiger partial charge in [0.15, 0.2) is 0 Å². The second-order valence-corrected chi connectivity index (χ2v) is 6.85. The van der Waals surface area contributed by atoms with E-state index in [4.69, 9.17) is 32.7 Å². The molecule has 2 aromatic rings. The number of ether oxygens (including phenoxy) is 2. The zero-order chi connectivity index (χ0) is 18.4. The molecule has 25 heavy (non-hydrogen) atoms. The summed E-state index contributed by atoms with van der Waals surface area (Å²) in [6.45, 7) is 4.45. The van der Waals surface area contributed by atoms with Crippen LogP contribution in [-0.2, 0) is 10.2 Å². The predicted octanol–water partition coefficient (Wildman–Crippen LogP) is 4.47. The van der Waals surface area contributed by atoms with Gasteiger partial charge in [-0.25, -0.2) is 0 Å². The molecule has 0 spiro atoms. The molecular formula is C19H21Cl2NO3. The maximum absolute atomic E-state index is 12.5. The summed E-state index contributed by atoms with van der Waals surface area (Å²) in [4.78, 5) is 12.5. The average molecular weight is 382 g/mol. The second kappa shape index (κ2) is 8.45. The first-order valence-corrected chi connectivity index (χ1v) is 8.61. The third-order valence-electron chi connectivity index (χ3n) is 3.92. The SMILES string of the molecule is COc1ccc(OCCNC(=O)C(C)(C)c2ccc(Cl)c(Cl)c2)cc1. The van der Waals surface area contributed by atoms with Crippen LogP contribution in [-0.4, -0.2) is 26.2 Å². The molecule has 134 valence electrons. The van der Waals surface area contributed by atoms with Crippen LogP contribution in [0.25, 0.3) is 0 Å². The quantitative estimate of drug-likeness (QED) is 0.719. The standard InChI is InChI=1S/C19H21Cl2NO3/c1-19(2,13-4-9-16(20)17(21)12-13)18(23)22-10-11-25-15-7-5-14(24-3)6-8-15/h4-9,12H,10-11H2,1-3H3,(H,22,23). The molecule has 0 radical (unpaired) electrons. The van der Waals surface area contributed by atoms with Gasteiger partial charge in [-0.1, -0.05) is 29.3 Å². The first kappa shape index (κ1) is 19.4. The summed E-state index contributed by atoms with van der Waals surface area (Å²) in [5.41, 5.74) is 0.0735. The molecule has 2 aromatic carbocycles. The van der Waals surface area contributed by atoms with Crippen LogP contribution in [0.15, 0.2) is 42.5 Å². The van der Waals surface area contributed by atoms with E-state index in [1.54, 1.807) is 19.2 Å². The van der Waals surface area contributed by atoms with Crippen molar-refractivity contribution in [3.8, 4) is 11.5 Å². The Morgan fingerprint density at radius 1 is 1.04 bits per heavy atom. The number of rotatable bonds is 7. The van der Waals surface area contributed by atoms with Gasteiger partial charge >= 0.3 is 0 Å². The Hall–Kier alpha value is -1.91. The number of benzene rings is 2. The lowest BCUT2D eigenvalue weighted by Crippen LogP contribution is -2.41. The lowest BCUT2D eigenvalue weighted by molar-refractivity contribution is -0.125. The summed E-state index contributed by atoms with van der Waals surface area (Å²) in [6.07, 6.45) is 0. The third-order valence-corrected chi connectivity index (χ3v) is 4.66. The molecule has 0 heterocycles. The highest BCUT2D eigenvalue weighted by Gasteiger charge is 2.29. The van der Waals surface area contributed by atoms with Gasteiger partial charge in [-0.05, 0) is 55.8 Å². The summed E-state index contributed by atoms with van der Waals surface area (Å²) in [5, 5.41) is 3.78. The van der Waals surface area contributed by atoms with E-state index in [1.165, 1.54) is 0 Å². The molecule has 0 aliphatic carbocycles. The topological polar surface area (TPSA) is 47.6 Å². The minimum absolute atomic E-state index is 0.107. The van der Waals surface area contributed by atoms with Gasteiger partial charge in [-0.3, -0.25) is 4.79 Å². The van der Waals surface area contributed by atoms with Crippen LogP contribution in [0, 0.1) is 0 Å². The Labute approximate surface area is 158 Å². The summed E-state index contributed by atoms with van der Waals surface area (Å²) >= 11 is 12.0. The van der Waals surface area contributed by atoms with Crippen LogP contribution in [0.5, 0.6) is 11.5 Å². The third kappa shape index (κ3) is 5.03. The molecule has 4 nitrogen and oxygen atoms in total. The molecule has 0 bridgehead atoms. The van der Waals surface area contributed by atoms with Gasteiger partial charge in [0.25, 0.3) is 0 Å². The fourth-order valence-electron chi connectivity index (χ4n) is 2.24.